The predicted molar refractivity (Wildman–Crippen MR) is 86.3 cm³/mol. The first kappa shape index (κ1) is 17.3. The first-order valence-corrected chi connectivity index (χ1v) is 7.86. The number of methoxy groups -OCH3 is 1. The molecule has 0 radical (unpaired) electrons. The number of hydrogen-bond acceptors (Lipinski definition) is 2. The second-order valence-electron chi connectivity index (χ2n) is 6.95. The Morgan fingerprint density at radius 1 is 1.45 bits per heavy atom. The summed E-state index contributed by atoms with van der Waals surface area (Å²) in [6, 6.07) is 0. The van der Waals surface area contributed by atoms with Crippen molar-refractivity contribution >= 4 is 5.96 Å². The van der Waals surface area contributed by atoms with Crippen molar-refractivity contribution < 1.29 is 4.74 Å². The van der Waals surface area contributed by atoms with E-state index in [1.54, 1.807) is 7.11 Å². The summed E-state index contributed by atoms with van der Waals surface area (Å²) in [6.45, 7) is 11.8. The van der Waals surface area contributed by atoms with Crippen LogP contribution in [-0.2, 0) is 4.74 Å². The lowest BCUT2D eigenvalue weighted by Gasteiger charge is -2.42. The van der Waals surface area contributed by atoms with Gasteiger partial charge in [0, 0.05) is 33.8 Å². The number of nitrogens with one attached hydrogen (secondary N) is 1. The highest BCUT2D eigenvalue weighted by Crippen LogP contribution is 2.33. The Kier molecular flexibility index (Phi) is 6.31. The smallest absolute Gasteiger partial charge is 0.193 e. The molecule has 1 atom stereocenters. The third kappa shape index (κ3) is 4.97. The van der Waals surface area contributed by atoms with Crippen molar-refractivity contribution in [2.24, 2.45) is 10.4 Å². The Morgan fingerprint density at radius 3 is 2.70 bits per heavy atom. The van der Waals surface area contributed by atoms with Crippen LogP contribution in [0.2, 0.25) is 0 Å². The quantitative estimate of drug-likeness (QED) is 0.622. The van der Waals surface area contributed by atoms with Gasteiger partial charge in [0.2, 0.25) is 0 Å². The van der Waals surface area contributed by atoms with E-state index in [0.29, 0.717) is 5.41 Å². The van der Waals surface area contributed by atoms with Crippen molar-refractivity contribution in [3.8, 4) is 0 Å². The Labute approximate surface area is 125 Å². The fraction of sp³-hybridized carbons (Fsp3) is 0.938. The second-order valence-corrected chi connectivity index (χ2v) is 6.95. The van der Waals surface area contributed by atoms with E-state index >= 15 is 0 Å². The number of rotatable bonds is 5. The lowest BCUT2D eigenvalue weighted by Crippen LogP contribution is -2.52. The number of likely N-dealkylation sites (tertiary alicyclic amines) is 1. The molecule has 1 heterocycles. The summed E-state index contributed by atoms with van der Waals surface area (Å²) in [5.74, 6) is 1.01. The minimum absolute atomic E-state index is 0.168. The number of hydrogen-bond donors (Lipinski definition) is 1. The molecule has 1 saturated heterocycles. The summed E-state index contributed by atoms with van der Waals surface area (Å²) in [4.78, 5) is 6.86. The first-order chi connectivity index (χ1) is 9.36. The molecule has 0 aromatic heterocycles. The van der Waals surface area contributed by atoms with E-state index in [9.17, 15) is 0 Å². The molecule has 0 aromatic rings. The summed E-state index contributed by atoms with van der Waals surface area (Å²) in [6.07, 6.45) is 5.14. The number of nitrogens with zero attached hydrogens (tertiary/aromatic N) is 2. The van der Waals surface area contributed by atoms with E-state index in [4.69, 9.17) is 4.74 Å². The van der Waals surface area contributed by atoms with Crippen LogP contribution in [0.25, 0.3) is 0 Å². The molecule has 0 aromatic carbocycles. The van der Waals surface area contributed by atoms with Gasteiger partial charge in [-0.1, -0.05) is 20.3 Å². The van der Waals surface area contributed by atoms with Gasteiger partial charge in [-0.15, -0.1) is 0 Å². The van der Waals surface area contributed by atoms with Gasteiger partial charge in [-0.3, -0.25) is 4.99 Å². The SMILES string of the molecule is CCCC1(C)CCCN(C(=NC)NCC(C)(C)OC)C1. The van der Waals surface area contributed by atoms with Gasteiger partial charge in [0.05, 0.1) is 5.60 Å². The van der Waals surface area contributed by atoms with Crippen LogP contribution in [0.5, 0.6) is 0 Å². The molecule has 0 bridgehead atoms. The molecule has 20 heavy (non-hydrogen) atoms. The molecule has 4 nitrogen and oxygen atoms in total. The van der Waals surface area contributed by atoms with E-state index in [-0.39, 0.29) is 5.60 Å². The summed E-state index contributed by atoms with van der Waals surface area (Å²) >= 11 is 0. The minimum atomic E-state index is -0.168. The van der Waals surface area contributed by atoms with Crippen LogP contribution in [-0.4, -0.2) is 50.3 Å². The van der Waals surface area contributed by atoms with Crippen molar-refractivity contribution in [1.29, 1.82) is 0 Å². The van der Waals surface area contributed by atoms with Gasteiger partial charge in [0.25, 0.3) is 0 Å². The highest BCUT2D eigenvalue weighted by molar-refractivity contribution is 5.80. The topological polar surface area (TPSA) is 36.9 Å². The molecule has 1 aliphatic rings. The van der Waals surface area contributed by atoms with Crippen LogP contribution < -0.4 is 5.32 Å². The fourth-order valence-corrected chi connectivity index (χ4v) is 3.00. The molecule has 4 heteroatoms. The molecule has 0 spiro atoms. The number of aliphatic imine (C=N–C) groups is 1. The van der Waals surface area contributed by atoms with Crippen molar-refractivity contribution in [2.45, 2.75) is 59.0 Å². The van der Waals surface area contributed by atoms with Crippen molar-refractivity contribution in [3.63, 3.8) is 0 Å². The van der Waals surface area contributed by atoms with Gasteiger partial charge >= 0.3 is 0 Å². The number of guanidine groups is 1. The highest BCUT2D eigenvalue weighted by Gasteiger charge is 2.31. The Hall–Kier alpha value is -0.770. The molecular weight excluding hydrogens is 250 g/mol. The number of piperidine rings is 1. The fourth-order valence-electron chi connectivity index (χ4n) is 3.00. The van der Waals surface area contributed by atoms with Crippen molar-refractivity contribution in [3.05, 3.63) is 0 Å². The molecular formula is C16H33N3O. The highest BCUT2D eigenvalue weighted by atomic mass is 16.5. The second kappa shape index (κ2) is 7.30. The van der Waals surface area contributed by atoms with Gasteiger partial charge in [0.15, 0.2) is 5.96 Å². The summed E-state index contributed by atoms with van der Waals surface area (Å²) < 4.78 is 5.46. The van der Waals surface area contributed by atoms with Crippen LogP contribution in [0.15, 0.2) is 4.99 Å². The van der Waals surface area contributed by atoms with Crippen LogP contribution in [0.4, 0.5) is 0 Å². The van der Waals surface area contributed by atoms with Crippen LogP contribution in [0, 0.1) is 5.41 Å². The largest absolute Gasteiger partial charge is 0.377 e. The molecule has 0 saturated carbocycles. The number of ether oxygens (including phenoxy) is 1. The molecule has 1 aliphatic heterocycles. The monoisotopic (exact) mass is 283 g/mol. The predicted octanol–water partition coefficient (Wildman–Crippen LogP) is 2.89. The van der Waals surface area contributed by atoms with Gasteiger partial charge in [-0.05, 0) is 38.5 Å². The maximum Gasteiger partial charge on any atom is 0.193 e. The zero-order valence-electron chi connectivity index (χ0n) is 14.3. The molecule has 1 fully saturated rings. The Bertz CT molecular complexity index is 324. The van der Waals surface area contributed by atoms with E-state index in [0.717, 1.165) is 25.6 Å². The molecule has 1 N–H and O–H groups in total. The molecule has 1 unspecified atom stereocenters. The summed E-state index contributed by atoms with van der Waals surface area (Å²) in [5.41, 5.74) is 0.264. The molecule has 118 valence electrons. The first-order valence-electron chi connectivity index (χ1n) is 7.86. The maximum atomic E-state index is 5.46. The van der Waals surface area contributed by atoms with E-state index in [1.807, 2.05) is 7.05 Å². The average Bonchev–Trinajstić information content (AvgIpc) is 2.39. The standard InChI is InChI=1S/C16H33N3O/c1-7-9-16(4)10-8-11-19(13-16)14(17-5)18-12-15(2,3)20-6/h7-13H2,1-6H3,(H,17,18). The minimum Gasteiger partial charge on any atom is -0.377 e. The normalized spacial score (nSPS) is 24.9. The third-order valence-electron chi connectivity index (χ3n) is 4.37. The third-order valence-corrected chi connectivity index (χ3v) is 4.37. The van der Waals surface area contributed by atoms with E-state index < -0.39 is 0 Å². The van der Waals surface area contributed by atoms with Crippen molar-refractivity contribution in [2.75, 3.05) is 33.8 Å². The lowest BCUT2D eigenvalue weighted by molar-refractivity contribution is 0.0259. The van der Waals surface area contributed by atoms with Crippen molar-refractivity contribution in [1.82, 2.24) is 10.2 Å². The molecule has 0 aliphatic carbocycles. The average molecular weight is 283 g/mol. The summed E-state index contributed by atoms with van der Waals surface area (Å²) in [5, 5.41) is 3.46. The van der Waals surface area contributed by atoms with Gasteiger partial charge in [-0.2, -0.15) is 0 Å². The van der Waals surface area contributed by atoms with Crippen LogP contribution in [0.3, 0.4) is 0 Å². The van der Waals surface area contributed by atoms with Crippen LogP contribution >= 0.6 is 0 Å². The van der Waals surface area contributed by atoms with Crippen LogP contribution in [0.1, 0.15) is 53.4 Å². The maximum absolute atomic E-state index is 5.46. The zero-order valence-corrected chi connectivity index (χ0v) is 14.3. The summed E-state index contributed by atoms with van der Waals surface area (Å²) in [7, 11) is 3.62. The lowest BCUT2D eigenvalue weighted by atomic mass is 9.78. The Balaban J connectivity index is 2.62. The zero-order chi connectivity index (χ0) is 15.2. The Morgan fingerprint density at radius 2 is 2.15 bits per heavy atom. The molecule has 1 rings (SSSR count). The van der Waals surface area contributed by atoms with Gasteiger partial charge in [0.1, 0.15) is 0 Å². The van der Waals surface area contributed by atoms with E-state index in [2.05, 4.69) is 42.9 Å². The molecule has 0 amide bonds. The van der Waals surface area contributed by atoms with Gasteiger partial charge < -0.3 is 15.0 Å². The van der Waals surface area contributed by atoms with Gasteiger partial charge in [-0.25, -0.2) is 0 Å². The van der Waals surface area contributed by atoms with E-state index in [1.165, 1.54) is 25.7 Å².